The van der Waals surface area contributed by atoms with Gasteiger partial charge in [-0.2, -0.15) is 0 Å². The van der Waals surface area contributed by atoms with Crippen molar-refractivity contribution < 1.29 is 19.1 Å². The summed E-state index contributed by atoms with van der Waals surface area (Å²) in [6.07, 6.45) is 3.14. The number of allylic oxidation sites excluding steroid dienone is 1. The van der Waals surface area contributed by atoms with Gasteiger partial charge in [0.25, 0.3) is 0 Å². The van der Waals surface area contributed by atoms with E-state index in [1.165, 1.54) is 11.8 Å². The second kappa shape index (κ2) is 6.63. The first-order valence-corrected chi connectivity index (χ1v) is 7.69. The summed E-state index contributed by atoms with van der Waals surface area (Å²) >= 11 is 0. The minimum absolute atomic E-state index is 0.216. The Morgan fingerprint density at radius 2 is 1.86 bits per heavy atom. The summed E-state index contributed by atoms with van der Waals surface area (Å²) in [6, 6.07) is -0.602. The molecule has 1 heterocycles. The number of esters is 1. The van der Waals surface area contributed by atoms with Crippen molar-refractivity contribution in [3.63, 3.8) is 0 Å². The van der Waals surface area contributed by atoms with E-state index in [0.717, 1.165) is 6.42 Å². The number of ether oxygens (including phenoxy) is 1. The molecule has 1 saturated heterocycles. The lowest BCUT2D eigenvalue weighted by molar-refractivity contribution is -0.166. The standard InChI is InChI=1S/C17H27NO4/c1-7-10-17(6,12(2)19)15(21)18-11-8-9-13(18)14(20)22-16(3,4)5/h7,13H,1,8-11H2,2-6H3/t13-,17-/m0/s1. The number of nitrogens with zero attached hydrogens (tertiary/aromatic N) is 1. The van der Waals surface area contributed by atoms with E-state index in [-0.39, 0.29) is 18.1 Å². The van der Waals surface area contributed by atoms with E-state index in [9.17, 15) is 14.4 Å². The molecule has 0 saturated carbocycles. The summed E-state index contributed by atoms with van der Waals surface area (Å²) in [6.45, 7) is 12.5. The van der Waals surface area contributed by atoms with Crippen LogP contribution in [0.4, 0.5) is 0 Å². The fourth-order valence-corrected chi connectivity index (χ4v) is 2.61. The second-order valence-electron chi connectivity index (χ2n) is 7.07. The Morgan fingerprint density at radius 3 is 2.32 bits per heavy atom. The molecule has 0 aromatic rings. The predicted octanol–water partition coefficient (Wildman–Crippen LogP) is 2.49. The highest BCUT2D eigenvalue weighted by atomic mass is 16.6. The summed E-state index contributed by atoms with van der Waals surface area (Å²) in [5, 5.41) is 0. The maximum Gasteiger partial charge on any atom is 0.329 e. The molecule has 1 fully saturated rings. The van der Waals surface area contributed by atoms with Gasteiger partial charge in [-0.05, 0) is 53.9 Å². The fraction of sp³-hybridized carbons (Fsp3) is 0.706. The molecule has 22 heavy (non-hydrogen) atoms. The molecule has 124 valence electrons. The number of carbonyl (C=O) groups is 3. The minimum atomic E-state index is -1.16. The van der Waals surface area contributed by atoms with Crippen LogP contribution in [0.5, 0.6) is 0 Å². The summed E-state index contributed by atoms with van der Waals surface area (Å²) in [7, 11) is 0. The lowest BCUT2D eigenvalue weighted by Crippen LogP contribution is -2.51. The van der Waals surface area contributed by atoms with E-state index in [2.05, 4.69) is 6.58 Å². The molecule has 0 aliphatic carbocycles. The van der Waals surface area contributed by atoms with Gasteiger partial charge in [0.05, 0.1) is 0 Å². The number of amides is 1. The van der Waals surface area contributed by atoms with Crippen LogP contribution in [-0.2, 0) is 19.1 Å². The molecule has 0 N–H and O–H groups in total. The number of hydrogen-bond acceptors (Lipinski definition) is 4. The zero-order chi connectivity index (χ0) is 17.1. The molecule has 0 aromatic carbocycles. The van der Waals surface area contributed by atoms with Gasteiger partial charge in [0.2, 0.25) is 5.91 Å². The third-order valence-corrected chi connectivity index (χ3v) is 3.99. The van der Waals surface area contributed by atoms with Crippen molar-refractivity contribution in [2.45, 2.75) is 65.5 Å². The van der Waals surface area contributed by atoms with E-state index >= 15 is 0 Å². The average Bonchev–Trinajstić information content (AvgIpc) is 2.84. The van der Waals surface area contributed by atoms with Gasteiger partial charge in [-0.25, -0.2) is 4.79 Å². The Hall–Kier alpha value is -1.65. The molecule has 1 rings (SSSR count). The van der Waals surface area contributed by atoms with Crippen LogP contribution in [0.1, 0.15) is 53.9 Å². The van der Waals surface area contributed by atoms with E-state index in [1.807, 2.05) is 0 Å². The smallest absolute Gasteiger partial charge is 0.329 e. The van der Waals surface area contributed by atoms with Crippen LogP contribution >= 0.6 is 0 Å². The van der Waals surface area contributed by atoms with Gasteiger partial charge in [0, 0.05) is 6.54 Å². The van der Waals surface area contributed by atoms with Gasteiger partial charge >= 0.3 is 5.97 Å². The molecule has 0 bridgehead atoms. The predicted molar refractivity (Wildman–Crippen MR) is 84.2 cm³/mol. The number of carbonyl (C=O) groups excluding carboxylic acids is 3. The van der Waals surface area contributed by atoms with Crippen molar-refractivity contribution in [1.82, 2.24) is 4.90 Å². The van der Waals surface area contributed by atoms with Gasteiger partial charge in [0.15, 0.2) is 0 Å². The third kappa shape index (κ3) is 3.96. The Bertz CT molecular complexity index is 478. The van der Waals surface area contributed by atoms with Crippen LogP contribution in [0, 0.1) is 5.41 Å². The average molecular weight is 309 g/mol. The van der Waals surface area contributed by atoms with Crippen LogP contribution in [-0.4, -0.2) is 40.7 Å². The molecule has 0 spiro atoms. The van der Waals surface area contributed by atoms with E-state index in [0.29, 0.717) is 13.0 Å². The number of rotatable bonds is 5. The Labute approximate surface area is 132 Å². The van der Waals surface area contributed by atoms with Gasteiger partial charge < -0.3 is 9.64 Å². The quantitative estimate of drug-likeness (QED) is 0.445. The molecule has 0 aromatic heterocycles. The normalized spacial score (nSPS) is 21.1. The van der Waals surface area contributed by atoms with Crippen molar-refractivity contribution >= 4 is 17.7 Å². The maximum atomic E-state index is 12.8. The summed E-state index contributed by atoms with van der Waals surface area (Å²) in [4.78, 5) is 38.6. The Balaban J connectivity index is 2.98. The fourth-order valence-electron chi connectivity index (χ4n) is 2.61. The molecule has 5 heteroatoms. The van der Waals surface area contributed by atoms with E-state index in [4.69, 9.17) is 4.74 Å². The zero-order valence-corrected chi connectivity index (χ0v) is 14.3. The van der Waals surface area contributed by atoms with Gasteiger partial charge in [-0.3, -0.25) is 9.59 Å². The first kappa shape index (κ1) is 18.4. The number of likely N-dealkylation sites (tertiary alicyclic amines) is 1. The topological polar surface area (TPSA) is 63.7 Å². The number of hydrogen-bond donors (Lipinski definition) is 0. The molecule has 0 radical (unpaired) electrons. The zero-order valence-electron chi connectivity index (χ0n) is 14.3. The molecule has 1 aliphatic rings. The Kier molecular flexibility index (Phi) is 5.54. The molecular formula is C17H27NO4. The van der Waals surface area contributed by atoms with E-state index < -0.39 is 23.0 Å². The van der Waals surface area contributed by atoms with Crippen molar-refractivity contribution in [3.05, 3.63) is 12.7 Å². The molecule has 1 amide bonds. The monoisotopic (exact) mass is 309 g/mol. The molecule has 5 nitrogen and oxygen atoms in total. The third-order valence-electron chi connectivity index (χ3n) is 3.99. The first-order valence-electron chi connectivity index (χ1n) is 7.69. The van der Waals surface area contributed by atoms with Gasteiger partial charge in [0.1, 0.15) is 22.8 Å². The van der Waals surface area contributed by atoms with E-state index in [1.54, 1.807) is 33.8 Å². The molecular weight excluding hydrogens is 282 g/mol. The highest BCUT2D eigenvalue weighted by Crippen LogP contribution is 2.31. The number of Topliss-reactive ketones (excluding diaryl/α,β-unsaturated/α-hetero) is 1. The van der Waals surface area contributed by atoms with Crippen LogP contribution < -0.4 is 0 Å². The molecule has 1 aliphatic heterocycles. The number of ketones is 1. The van der Waals surface area contributed by atoms with Crippen LogP contribution in [0.3, 0.4) is 0 Å². The summed E-state index contributed by atoms with van der Waals surface area (Å²) in [5.41, 5.74) is -1.76. The van der Waals surface area contributed by atoms with Crippen molar-refractivity contribution in [1.29, 1.82) is 0 Å². The van der Waals surface area contributed by atoms with Gasteiger partial charge in [-0.15, -0.1) is 6.58 Å². The lowest BCUT2D eigenvalue weighted by atomic mass is 9.81. The lowest BCUT2D eigenvalue weighted by Gasteiger charge is -2.33. The largest absolute Gasteiger partial charge is 0.458 e. The van der Waals surface area contributed by atoms with Crippen LogP contribution in [0.25, 0.3) is 0 Å². The maximum absolute atomic E-state index is 12.8. The Morgan fingerprint density at radius 1 is 1.27 bits per heavy atom. The van der Waals surface area contributed by atoms with Crippen LogP contribution in [0.15, 0.2) is 12.7 Å². The molecule has 2 atom stereocenters. The van der Waals surface area contributed by atoms with Gasteiger partial charge in [-0.1, -0.05) is 6.08 Å². The highest BCUT2D eigenvalue weighted by Gasteiger charge is 2.46. The van der Waals surface area contributed by atoms with Crippen molar-refractivity contribution in [3.8, 4) is 0 Å². The molecule has 0 unspecified atom stereocenters. The van der Waals surface area contributed by atoms with Crippen LogP contribution in [0.2, 0.25) is 0 Å². The first-order chi connectivity index (χ1) is 10.0. The highest BCUT2D eigenvalue weighted by molar-refractivity contribution is 6.05. The minimum Gasteiger partial charge on any atom is -0.458 e. The SMILES string of the molecule is C=CC[C@@](C)(C(C)=O)C(=O)N1CCC[C@H]1C(=O)OC(C)(C)C. The summed E-state index contributed by atoms with van der Waals surface area (Å²) < 4.78 is 5.40. The van der Waals surface area contributed by atoms with Crippen molar-refractivity contribution in [2.75, 3.05) is 6.54 Å². The van der Waals surface area contributed by atoms with Crippen molar-refractivity contribution in [2.24, 2.45) is 5.41 Å². The second-order valence-corrected chi connectivity index (χ2v) is 7.07. The summed E-state index contributed by atoms with van der Waals surface area (Å²) in [5.74, 6) is -0.927.